The number of amides is 1. The molecule has 0 aliphatic carbocycles. The van der Waals surface area contributed by atoms with Crippen LogP contribution >= 0.6 is 12.2 Å². The third-order valence-electron chi connectivity index (χ3n) is 2.42. The average Bonchev–Trinajstić information content (AvgIpc) is 2.89. The normalized spacial score (nSPS) is 9.89. The molecule has 0 aliphatic heterocycles. The van der Waals surface area contributed by atoms with Crippen molar-refractivity contribution in [3.05, 3.63) is 54.0 Å². The third-order valence-corrected chi connectivity index (χ3v) is 2.52. The van der Waals surface area contributed by atoms with Crippen LogP contribution in [0.25, 0.3) is 0 Å². The number of carbonyl (C=O) groups excluding carboxylic acids is 1. The van der Waals surface area contributed by atoms with Gasteiger partial charge >= 0.3 is 0 Å². The molecule has 0 unspecified atom stereocenters. The van der Waals surface area contributed by atoms with Crippen molar-refractivity contribution >= 4 is 28.9 Å². The second-order valence-electron chi connectivity index (χ2n) is 3.83. The van der Waals surface area contributed by atoms with Crippen LogP contribution in [-0.4, -0.2) is 11.0 Å². The van der Waals surface area contributed by atoms with Gasteiger partial charge in [-0.2, -0.15) is 0 Å². The van der Waals surface area contributed by atoms with Crippen molar-refractivity contribution in [2.75, 3.05) is 5.32 Å². The molecule has 4 N–H and O–H groups in total. The van der Waals surface area contributed by atoms with Crippen LogP contribution in [0.15, 0.2) is 47.1 Å². The second-order valence-corrected chi connectivity index (χ2v) is 4.27. The van der Waals surface area contributed by atoms with E-state index in [2.05, 4.69) is 10.6 Å². The molecular formula is C13H13N3O2S. The monoisotopic (exact) mass is 275 g/mol. The van der Waals surface area contributed by atoms with Crippen LogP contribution in [0.5, 0.6) is 0 Å². The van der Waals surface area contributed by atoms with Crippen molar-refractivity contribution < 1.29 is 9.21 Å². The lowest BCUT2D eigenvalue weighted by Crippen LogP contribution is -2.22. The Bertz CT molecular complexity index is 564. The molecule has 0 saturated carbocycles. The van der Waals surface area contributed by atoms with Gasteiger partial charge in [-0.25, -0.2) is 0 Å². The summed E-state index contributed by atoms with van der Waals surface area (Å²) in [5.41, 5.74) is 6.66. The minimum atomic E-state index is -0.168. The number of thiocarbonyl (C=S) groups is 1. The minimum absolute atomic E-state index is 0.168. The molecule has 0 saturated heterocycles. The summed E-state index contributed by atoms with van der Waals surface area (Å²) in [6, 6.07) is 10.4. The van der Waals surface area contributed by atoms with E-state index in [9.17, 15) is 4.79 Å². The summed E-state index contributed by atoms with van der Waals surface area (Å²) in [5, 5.41) is 5.74. The first-order chi connectivity index (χ1) is 9.15. The molecule has 98 valence electrons. The second kappa shape index (κ2) is 6.01. The minimum Gasteiger partial charge on any atom is -0.467 e. The maximum atomic E-state index is 11.8. The zero-order chi connectivity index (χ0) is 13.7. The van der Waals surface area contributed by atoms with Crippen molar-refractivity contribution in [1.82, 2.24) is 5.32 Å². The van der Waals surface area contributed by atoms with Gasteiger partial charge in [-0.05, 0) is 48.6 Å². The highest BCUT2D eigenvalue weighted by Crippen LogP contribution is 2.09. The average molecular weight is 275 g/mol. The number of hydrogen-bond donors (Lipinski definition) is 3. The molecule has 2 aromatic rings. The number of anilines is 1. The molecule has 1 amide bonds. The molecule has 1 aromatic heterocycles. The Kier molecular flexibility index (Phi) is 4.15. The van der Waals surface area contributed by atoms with E-state index in [0.29, 0.717) is 17.9 Å². The largest absolute Gasteiger partial charge is 0.467 e. The Morgan fingerprint density at radius 3 is 2.58 bits per heavy atom. The summed E-state index contributed by atoms with van der Waals surface area (Å²) in [5.74, 6) is 0.540. The Morgan fingerprint density at radius 1 is 1.26 bits per heavy atom. The van der Waals surface area contributed by atoms with Crippen LogP contribution in [0.3, 0.4) is 0 Å². The zero-order valence-corrected chi connectivity index (χ0v) is 10.9. The summed E-state index contributed by atoms with van der Waals surface area (Å²) in [6.45, 7) is 0.360. The molecule has 1 aromatic carbocycles. The van der Waals surface area contributed by atoms with Crippen LogP contribution in [0.2, 0.25) is 0 Å². The SMILES string of the molecule is NC(=S)Nc1ccc(C(=O)NCc2ccco2)cc1. The van der Waals surface area contributed by atoms with E-state index in [4.69, 9.17) is 22.4 Å². The lowest BCUT2D eigenvalue weighted by Gasteiger charge is -2.06. The van der Waals surface area contributed by atoms with Gasteiger partial charge in [-0.1, -0.05) is 0 Å². The first-order valence-corrected chi connectivity index (χ1v) is 6.03. The van der Waals surface area contributed by atoms with E-state index >= 15 is 0 Å². The van der Waals surface area contributed by atoms with Crippen molar-refractivity contribution in [3.8, 4) is 0 Å². The van der Waals surface area contributed by atoms with Gasteiger partial charge in [0, 0.05) is 11.3 Å². The Morgan fingerprint density at radius 2 is 2.00 bits per heavy atom. The van der Waals surface area contributed by atoms with E-state index in [1.165, 1.54) is 0 Å². The lowest BCUT2D eigenvalue weighted by atomic mass is 10.2. The van der Waals surface area contributed by atoms with E-state index in [1.807, 2.05) is 0 Å². The van der Waals surface area contributed by atoms with Gasteiger partial charge in [0.15, 0.2) is 5.11 Å². The predicted octanol–water partition coefficient (Wildman–Crippen LogP) is 1.87. The van der Waals surface area contributed by atoms with E-state index in [1.54, 1.807) is 42.7 Å². The predicted molar refractivity (Wildman–Crippen MR) is 76.7 cm³/mol. The van der Waals surface area contributed by atoms with Crippen molar-refractivity contribution in [2.45, 2.75) is 6.54 Å². The topological polar surface area (TPSA) is 80.3 Å². The highest BCUT2D eigenvalue weighted by Gasteiger charge is 2.06. The van der Waals surface area contributed by atoms with E-state index in [0.717, 1.165) is 5.69 Å². The van der Waals surface area contributed by atoms with Gasteiger partial charge in [-0.15, -0.1) is 0 Å². The highest BCUT2D eigenvalue weighted by atomic mass is 32.1. The van der Waals surface area contributed by atoms with Crippen molar-refractivity contribution in [3.63, 3.8) is 0 Å². The van der Waals surface area contributed by atoms with Crippen LogP contribution < -0.4 is 16.4 Å². The molecule has 0 spiro atoms. The first-order valence-electron chi connectivity index (χ1n) is 5.62. The molecule has 0 radical (unpaired) electrons. The number of nitrogens with two attached hydrogens (primary N) is 1. The fourth-order valence-corrected chi connectivity index (χ4v) is 1.65. The Hall–Kier alpha value is -2.34. The number of nitrogens with one attached hydrogen (secondary N) is 2. The fraction of sp³-hybridized carbons (Fsp3) is 0.0769. The zero-order valence-electron chi connectivity index (χ0n) is 10.1. The van der Waals surface area contributed by atoms with Gasteiger partial charge in [0.05, 0.1) is 12.8 Å². The fourth-order valence-electron chi connectivity index (χ4n) is 1.53. The van der Waals surface area contributed by atoms with Crippen LogP contribution in [0.1, 0.15) is 16.1 Å². The highest BCUT2D eigenvalue weighted by molar-refractivity contribution is 7.80. The molecule has 19 heavy (non-hydrogen) atoms. The molecule has 0 bridgehead atoms. The summed E-state index contributed by atoms with van der Waals surface area (Å²) < 4.78 is 5.13. The number of benzene rings is 1. The molecule has 1 heterocycles. The van der Waals surface area contributed by atoms with Crippen LogP contribution in [0.4, 0.5) is 5.69 Å². The van der Waals surface area contributed by atoms with Gasteiger partial charge in [0.1, 0.15) is 5.76 Å². The summed E-state index contributed by atoms with van der Waals surface area (Å²) in [6.07, 6.45) is 1.57. The molecule has 0 aliphatic rings. The smallest absolute Gasteiger partial charge is 0.251 e. The number of hydrogen-bond acceptors (Lipinski definition) is 3. The van der Waals surface area contributed by atoms with Crippen molar-refractivity contribution in [2.24, 2.45) is 5.73 Å². The summed E-state index contributed by atoms with van der Waals surface area (Å²) in [7, 11) is 0. The van der Waals surface area contributed by atoms with Crippen molar-refractivity contribution in [1.29, 1.82) is 0 Å². The van der Waals surface area contributed by atoms with Crippen LogP contribution in [0, 0.1) is 0 Å². The molecule has 2 rings (SSSR count). The maximum Gasteiger partial charge on any atom is 0.251 e. The standard InChI is InChI=1S/C13H13N3O2S/c14-13(19)16-10-5-3-9(4-6-10)12(17)15-8-11-2-1-7-18-11/h1-7H,8H2,(H,15,17)(H3,14,16,19). The third kappa shape index (κ3) is 3.82. The van der Waals surface area contributed by atoms with Gasteiger partial charge in [0.25, 0.3) is 5.91 Å². The molecule has 0 fully saturated rings. The maximum absolute atomic E-state index is 11.8. The van der Waals surface area contributed by atoms with Crippen LogP contribution in [-0.2, 0) is 6.54 Å². The number of carbonyl (C=O) groups is 1. The lowest BCUT2D eigenvalue weighted by molar-refractivity contribution is 0.0948. The Balaban J connectivity index is 1.93. The molecular weight excluding hydrogens is 262 g/mol. The molecule has 0 atom stereocenters. The van der Waals surface area contributed by atoms with Gasteiger partial charge in [0.2, 0.25) is 0 Å². The van der Waals surface area contributed by atoms with E-state index < -0.39 is 0 Å². The molecule has 6 heteroatoms. The number of furan rings is 1. The summed E-state index contributed by atoms with van der Waals surface area (Å²) >= 11 is 4.73. The molecule has 5 nitrogen and oxygen atoms in total. The summed E-state index contributed by atoms with van der Waals surface area (Å²) in [4.78, 5) is 11.8. The number of rotatable bonds is 4. The quantitative estimate of drug-likeness (QED) is 0.742. The van der Waals surface area contributed by atoms with Gasteiger partial charge < -0.3 is 20.8 Å². The van der Waals surface area contributed by atoms with E-state index in [-0.39, 0.29) is 11.0 Å². The first kappa shape index (κ1) is 13.1. The Labute approximate surface area is 115 Å². The van der Waals surface area contributed by atoms with Gasteiger partial charge in [-0.3, -0.25) is 4.79 Å².